The lowest BCUT2D eigenvalue weighted by Gasteiger charge is -2.52. The minimum Gasteiger partial charge on any atom is -0.507 e. The van der Waals surface area contributed by atoms with Crippen molar-refractivity contribution in [2.24, 2.45) is 29.4 Å². The zero-order chi connectivity index (χ0) is 33.9. The van der Waals surface area contributed by atoms with Crippen LogP contribution in [-0.4, -0.2) is 82.9 Å². The van der Waals surface area contributed by atoms with E-state index in [9.17, 15) is 39.0 Å². The molecule has 0 radical (unpaired) electrons. The number of aliphatic hydroxyl groups is 1. The van der Waals surface area contributed by atoms with Gasteiger partial charge in [0.2, 0.25) is 5.91 Å². The number of ether oxygens (including phenoxy) is 1. The summed E-state index contributed by atoms with van der Waals surface area (Å²) in [6, 6.07) is 15.4. The van der Waals surface area contributed by atoms with Gasteiger partial charge in [-0.25, -0.2) is 0 Å². The number of phenols is 1. The molecule has 12 nitrogen and oxygen atoms in total. The van der Waals surface area contributed by atoms with Crippen molar-refractivity contribution < 1.29 is 43.7 Å². The number of Topliss-reactive ketones (excluding diaryl/α,β-unsaturated/α-hetero) is 4. The predicted octanol–water partition coefficient (Wildman–Crippen LogP) is 1.79. The number of methoxy groups -OCH3 is 1. The first-order valence-electron chi connectivity index (χ1n) is 15.0. The van der Waals surface area contributed by atoms with Crippen LogP contribution in [0.25, 0.3) is 11.1 Å². The molecule has 2 fully saturated rings. The number of rotatable bonds is 6. The van der Waals surface area contributed by atoms with Crippen LogP contribution in [0.3, 0.4) is 0 Å². The fourth-order valence-corrected chi connectivity index (χ4v) is 7.55. The minimum absolute atomic E-state index is 0.0463. The van der Waals surface area contributed by atoms with Crippen molar-refractivity contribution in [2.45, 2.75) is 24.5 Å². The topological polar surface area (TPSA) is 193 Å². The van der Waals surface area contributed by atoms with Gasteiger partial charge in [0.15, 0.2) is 34.7 Å². The van der Waals surface area contributed by atoms with Crippen LogP contribution in [0.5, 0.6) is 11.5 Å². The number of nitrogens with one attached hydrogen (secondary N) is 1. The average Bonchev–Trinajstić information content (AvgIpc) is 3.03. The molecule has 3 aliphatic rings. The summed E-state index contributed by atoms with van der Waals surface area (Å²) in [6.45, 7) is 0. The summed E-state index contributed by atoms with van der Waals surface area (Å²) in [7, 11) is 4.61. The SMILES string of the molecule is COc1ccc(C(=O)Nc2ccc(-c3ccc(O)c4c3C[C@H]3C[C@H]5C(N(C)C)C(=O)C(C(N)=O)C(=O)[C@@]5(O)C(=O)C3C4=O)cc2)cc1. The van der Waals surface area contributed by atoms with E-state index in [4.69, 9.17) is 10.5 Å². The van der Waals surface area contributed by atoms with Gasteiger partial charge in [0.1, 0.15) is 11.5 Å². The zero-order valence-corrected chi connectivity index (χ0v) is 25.9. The van der Waals surface area contributed by atoms with Crippen molar-refractivity contribution in [3.63, 3.8) is 0 Å². The number of ketones is 4. The Bertz CT molecular complexity index is 1850. The van der Waals surface area contributed by atoms with E-state index in [2.05, 4.69) is 5.32 Å². The van der Waals surface area contributed by atoms with Crippen LogP contribution in [0.1, 0.15) is 32.7 Å². The molecule has 3 aromatic carbocycles. The van der Waals surface area contributed by atoms with Crippen LogP contribution in [0.2, 0.25) is 0 Å². The number of hydrogen-bond acceptors (Lipinski definition) is 10. The molecular weight excluding hydrogens is 606 g/mol. The van der Waals surface area contributed by atoms with E-state index >= 15 is 0 Å². The van der Waals surface area contributed by atoms with Gasteiger partial charge in [0.25, 0.3) is 5.91 Å². The lowest BCUT2D eigenvalue weighted by atomic mass is 9.52. The van der Waals surface area contributed by atoms with E-state index in [1.54, 1.807) is 54.6 Å². The van der Waals surface area contributed by atoms with E-state index in [0.717, 1.165) is 0 Å². The van der Waals surface area contributed by atoms with Gasteiger partial charge in [-0.15, -0.1) is 0 Å². The number of nitrogens with zero attached hydrogens (tertiary/aromatic N) is 1. The number of likely N-dealkylation sites (N-methyl/N-ethyl adjacent to an activating group) is 1. The van der Waals surface area contributed by atoms with Gasteiger partial charge in [0, 0.05) is 17.2 Å². The number of anilines is 1. The van der Waals surface area contributed by atoms with E-state index < -0.39 is 64.4 Å². The summed E-state index contributed by atoms with van der Waals surface area (Å²) in [4.78, 5) is 81.1. The fourth-order valence-electron chi connectivity index (χ4n) is 7.55. The highest BCUT2D eigenvalue weighted by Gasteiger charge is 2.69. The largest absolute Gasteiger partial charge is 0.507 e. The molecule has 3 unspecified atom stereocenters. The molecule has 2 saturated carbocycles. The van der Waals surface area contributed by atoms with Gasteiger partial charge in [0.05, 0.1) is 24.6 Å². The standard InChI is InChI=1S/C35H33N3O9/c1-38(2)28-23-15-18-14-22-21(16-4-8-19(9-5-16)37-34(45)17-6-10-20(47-3)11-7-17)12-13-24(39)26(22)29(40)25(18)31(42)35(23,46)32(43)27(30(28)41)33(36)44/h4-13,18,23,25,27-28,39,46H,14-15H2,1-3H3,(H2,36,44)(H,37,45)/t18-,23-,25?,27?,28?,35-/m0/s1. The van der Waals surface area contributed by atoms with E-state index in [0.29, 0.717) is 33.7 Å². The third-order valence-corrected chi connectivity index (χ3v) is 9.75. The summed E-state index contributed by atoms with van der Waals surface area (Å²) in [5, 5.41) is 25.4. The minimum atomic E-state index is -2.78. The molecule has 0 saturated heterocycles. The van der Waals surface area contributed by atoms with Crippen LogP contribution >= 0.6 is 0 Å². The molecule has 6 rings (SSSR count). The molecule has 0 bridgehead atoms. The zero-order valence-electron chi connectivity index (χ0n) is 25.9. The van der Waals surface area contributed by atoms with Crippen molar-refractivity contribution in [3.8, 4) is 22.6 Å². The molecule has 2 amide bonds. The molecule has 0 aromatic heterocycles. The van der Waals surface area contributed by atoms with E-state index in [1.165, 1.54) is 32.2 Å². The van der Waals surface area contributed by atoms with Crippen LogP contribution in [-0.2, 0) is 25.6 Å². The third kappa shape index (κ3) is 4.91. The molecule has 47 heavy (non-hydrogen) atoms. The number of benzene rings is 3. The number of hydrogen-bond donors (Lipinski definition) is 4. The highest BCUT2D eigenvalue weighted by molar-refractivity contribution is 6.32. The summed E-state index contributed by atoms with van der Waals surface area (Å²) < 4.78 is 5.13. The van der Waals surface area contributed by atoms with Crippen LogP contribution in [0.4, 0.5) is 5.69 Å². The van der Waals surface area contributed by atoms with E-state index in [-0.39, 0.29) is 30.1 Å². The number of nitrogens with two attached hydrogens (primary N) is 1. The summed E-state index contributed by atoms with van der Waals surface area (Å²) in [5.41, 5.74) is 5.22. The van der Waals surface area contributed by atoms with Gasteiger partial charge in [-0.1, -0.05) is 18.2 Å². The number of phenolic OH excluding ortho intramolecular Hbond substituents is 1. The van der Waals surface area contributed by atoms with Crippen molar-refractivity contribution in [2.75, 3.05) is 26.5 Å². The molecule has 0 spiro atoms. The van der Waals surface area contributed by atoms with Gasteiger partial charge in [-0.05, 0) is 92.0 Å². The molecule has 12 heteroatoms. The smallest absolute Gasteiger partial charge is 0.255 e. The third-order valence-electron chi connectivity index (χ3n) is 9.75. The van der Waals surface area contributed by atoms with Crippen LogP contribution in [0, 0.1) is 23.7 Å². The Kier molecular flexibility index (Phi) is 7.81. The fraction of sp³-hybridized carbons (Fsp3) is 0.314. The molecule has 242 valence electrons. The number of primary amides is 1. The summed E-state index contributed by atoms with van der Waals surface area (Å²) in [5.74, 6) is -10.7. The number of carbonyl (C=O) groups excluding carboxylic acids is 6. The predicted molar refractivity (Wildman–Crippen MR) is 168 cm³/mol. The van der Waals surface area contributed by atoms with Crippen molar-refractivity contribution in [3.05, 3.63) is 77.4 Å². The molecule has 6 atom stereocenters. The van der Waals surface area contributed by atoms with Crippen molar-refractivity contribution >= 4 is 40.6 Å². The first kappa shape index (κ1) is 31.8. The Labute approximate surface area is 269 Å². The van der Waals surface area contributed by atoms with Gasteiger partial charge in [-0.3, -0.25) is 33.7 Å². The second kappa shape index (κ2) is 11.6. The van der Waals surface area contributed by atoms with Crippen molar-refractivity contribution in [1.82, 2.24) is 4.90 Å². The van der Waals surface area contributed by atoms with Crippen LogP contribution < -0.4 is 15.8 Å². The highest BCUT2D eigenvalue weighted by Crippen LogP contribution is 2.51. The maximum Gasteiger partial charge on any atom is 0.255 e. The molecule has 3 aliphatic carbocycles. The Morgan fingerprint density at radius 3 is 2.21 bits per heavy atom. The molecule has 3 aromatic rings. The first-order valence-corrected chi connectivity index (χ1v) is 15.0. The monoisotopic (exact) mass is 639 g/mol. The molecule has 0 heterocycles. The normalized spacial score (nSPS) is 26.7. The number of fused-ring (bicyclic) bond motifs is 3. The Balaban J connectivity index is 1.34. The number of amides is 2. The van der Waals surface area contributed by atoms with Gasteiger partial charge in [-0.2, -0.15) is 0 Å². The second-order valence-corrected chi connectivity index (χ2v) is 12.5. The first-order chi connectivity index (χ1) is 22.3. The van der Waals surface area contributed by atoms with E-state index in [1.807, 2.05) is 0 Å². The van der Waals surface area contributed by atoms with Crippen molar-refractivity contribution in [1.29, 1.82) is 0 Å². The molecule has 5 N–H and O–H groups in total. The second-order valence-electron chi connectivity index (χ2n) is 12.5. The maximum absolute atomic E-state index is 14.0. The Morgan fingerprint density at radius 1 is 0.957 bits per heavy atom. The lowest BCUT2D eigenvalue weighted by Crippen LogP contribution is -2.74. The van der Waals surface area contributed by atoms with Crippen LogP contribution in [0.15, 0.2) is 60.7 Å². The summed E-state index contributed by atoms with van der Waals surface area (Å²) >= 11 is 0. The molecular formula is C35H33N3O9. The number of aromatic hydroxyl groups is 1. The lowest BCUT2D eigenvalue weighted by molar-refractivity contribution is -0.181. The number of carbonyl (C=O) groups is 6. The van der Waals surface area contributed by atoms with Gasteiger partial charge < -0.3 is 26.0 Å². The maximum atomic E-state index is 14.0. The average molecular weight is 640 g/mol. The van der Waals surface area contributed by atoms with Gasteiger partial charge >= 0.3 is 0 Å². The quantitative estimate of drug-likeness (QED) is 0.289. The molecule has 0 aliphatic heterocycles. The Morgan fingerprint density at radius 2 is 1.62 bits per heavy atom. The summed E-state index contributed by atoms with van der Waals surface area (Å²) in [6.07, 6.45) is 0.0842. The Hall–Kier alpha value is -5.20. The highest BCUT2D eigenvalue weighted by atomic mass is 16.5.